The highest BCUT2D eigenvalue weighted by Crippen LogP contribution is 2.11. The van der Waals surface area contributed by atoms with Crippen LogP contribution in [-0.4, -0.2) is 14.8 Å². The number of aryl methyl sites for hydroxylation is 1. The first kappa shape index (κ1) is 9.86. The van der Waals surface area contributed by atoms with Crippen LogP contribution in [0, 0.1) is 6.92 Å². The second kappa shape index (κ2) is 3.82. The Morgan fingerprint density at radius 3 is 2.47 bits per heavy atom. The van der Waals surface area contributed by atoms with Gasteiger partial charge in [0.2, 0.25) is 0 Å². The molecule has 4 nitrogen and oxygen atoms in total. The van der Waals surface area contributed by atoms with Gasteiger partial charge in [0, 0.05) is 0 Å². The molecule has 1 aromatic carbocycles. The van der Waals surface area contributed by atoms with E-state index in [1.165, 1.54) is 0 Å². The van der Waals surface area contributed by atoms with E-state index in [1.54, 1.807) is 4.68 Å². The molecule has 0 aliphatic heterocycles. The summed E-state index contributed by atoms with van der Waals surface area (Å²) in [5.41, 5.74) is 6.74. The van der Waals surface area contributed by atoms with Crippen LogP contribution in [0.1, 0.15) is 24.6 Å². The van der Waals surface area contributed by atoms with Gasteiger partial charge in [-0.05, 0) is 26.0 Å². The zero-order chi connectivity index (χ0) is 10.8. The van der Waals surface area contributed by atoms with Gasteiger partial charge in [-0.15, -0.1) is 5.10 Å². The Balaban J connectivity index is 2.45. The van der Waals surface area contributed by atoms with Crippen molar-refractivity contribution in [2.45, 2.75) is 19.9 Å². The Kier molecular flexibility index (Phi) is 2.51. The molecule has 0 amide bonds. The lowest BCUT2D eigenvalue weighted by molar-refractivity contribution is 0.725. The van der Waals surface area contributed by atoms with Crippen LogP contribution in [0.15, 0.2) is 30.3 Å². The van der Waals surface area contributed by atoms with Gasteiger partial charge < -0.3 is 5.73 Å². The average Bonchev–Trinajstić information content (AvgIpc) is 2.62. The van der Waals surface area contributed by atoms with Gasteiger partial charge in [0.05, 0.1) is 11.7 Å². The quantitative estimate of drug-likeness (QED) is 0.804. The van der Waals surface area contributed by atoms with Gasteiger partial charge >= 0.3 is 0 Å². The van der Waals surface area contributed by atoms with Crippen molar-refractivity contribution in [3.8, 4) is 5.69 Å². The van der Waals surface area contributed by atoms with Gasteiger partial charge in [0.1, 0.15) is 5.82 Å². The Morgan fingerprint density at radius 2 is 1.93 bits per heavy atom. The molecule has 1 atom stereocenters. The summed E-state index contributed by atoms with van der Waals surface area (Å²) >= 11 is 0. The maximum atomic E-state index is 5.74. The maximum absolute atomic E-state index is 5.74. The third kappa shape index (κ3) is 1.89. The zero-order valence-corrected chi connectivity index (χ0v) is 8.88. The normalized spacial score (nSPS) is 12.7. The predicted octanol–water partition coefficient (Wildman–Crippen LogP) is 1.60. The first-order chi connectivity index (χ1) is 7.18. The molecule has 78 valence electrons. The number of nitrogens with two attached hydrogens (primary N) is 1. The van der Waals surface area contributed by atoms with Crippen LogP contribution in [-0.2, 0) is 0 Å². The van der Waals surface area contributed by atoms with E-state index in [0.29, 0.717) is 5.82 Å². The van der Waals surface area contributed by atoms with Crippen LogP contribution in [0.25, 0.3) is 5.69 Å². The van der Waals surface area contributed by atoms with Crippen LogP contribution in [0.4, 0.5) is 0 Å². The third-order valence-electron chi connectivity index (χ3n) is 2.19. The molecule has 4 heteroatoms. The lowest BCUT2D eigenvalue weighted by atomic mass is 10.3. The van der Waals surface area contributed by atoms with E-state index in [4.69, 9.17) is 5.73 Å². The smallest absolute Gasteiger partial charge is 0.167 e. The van der Waals surface area contributed by atoms with Gasteiger partial charge in [-0.3, -0.25) is 0 Å². The SMILES string of the molecule is Cc1nc(C(C)N)nn1-c1ccccc1. The van der Waals surface area contributed by atoms with E-state index in [0.717, 1.165) is 11.5 Å². The minimum atomic E-state index is -0.131. The van der Waals surface area contributed by atoms with E-state index in [9.17, 15) is 0 Å². The minimum absolute atomic E-state index is 0.131. The average molecular weight is 202 g/mol. The van der Waals surface area contributed by atoms with E-state index >= 15 is 0 Å². The van der Waals surface area contributed by atoms with Gasteiger partial charge in [0.15, 0.2) is 5.82 Å². The van der Waals surface area contributed by atoms with Gasteiger partial charge in [-0.25, -0.2) is 9.67 Å². The fourth-order valence-electron chi connectivity index (χ4n) is 1.42. The first-order valence-corrected chi connectivity index (χ1v) is 4.93. The van der Waals surface area contributed by atoms with Crippen LogP contribution in [0.3, 0.4) is 0 Å². The molecule has 2 N–H and O–H groups in total. The molecule has 2 aromatic rings. The Morgan fingerprint density at radius 1 is 1.27 bits per heavy atom. The Bertz CT molecular complexity index is 445. The lowest BCUT2D eigenvalue weighted by Crippen LogP contribution is -2.07. The topological polar surface area (TPSA) is 56.7 Å². The number of nitrogens with zero attached hydrogens (tertiary/aromatic N) is 3. The molecular formula is C11H14N4. The van der Waals surface area contributed by atoms with E-state index in [1.807, 2.05) is 44.2 Å². The van der Waals surface area contributed by atoms with Crippen LogP contribution in [0.2, 0.25) is 0 Å². The second-order valence-corrected chi connectivity index (χ2v) is 3.55. The highest BCUT2D eigenvalue weighted by molar-refractivity contribution is 5.31. The molecule has 1 aromatic heterocycles. The summed E-state index contributed by atoms with van der Waals surface area (Å²) in [7, 11) is 0. The summed E-state index contributed by atoms with van der Waals surface area (Å²) in [6.07, 6.45) is 0. The number of para-hydroxylation sites is 1. The summed E-state index contributed by atoms with van der Waals surface area (Å²) in [4.78, 5) is 4.31. The third-order valence-corrected chi connectivity index (χ3v) is 2.19. The molecule has 2 rings (SSSR count). The molecular weight excluding hydrogens is 188 g/mol. The summed E-state index contributed by atoms with van der Waals surface area (Å²) in [5, 5.41) is 4.36. The molecule has 0 fully saturated rings. The molecule has 1 heterocycles. The number of hydrogen-bond acceptors (Lipinski definition) is 3. The van der Waals surface area contributed by atoms with Crippen molar-refractivity contribution in [3.05, 3.63) is 42.0 Å². The largest absolute Gasteiger partial charge is 0.321 e. The van der Waals surface area contributed by atoms with E-state index in [-0.39, 0.29) is 6.04 Å². The van der Waals surface area contributed by atoms with Crippen molar-refractivity contribution >= 4 is 0 Å². The van der Waals surface area contributed by atoms with Crippen molar-refractivity contribution in [2.75, 3.05) is 0 Å². The summed E-state index contributed by atoms with van der Waals surface area (Å²) in [5.74, 6) is 1.53. The van der Waals surface area contributed by atoms with E-state index < -0.39 is 0 Å². The monoisotopic (exact) mass is 202 g/mol. The highest BCUT2D eigenvalue weighted by Gasteiger charge is 2.10. The van der Waals surface area contributed by atoms with Crippen molar-refractivity contribution in [1.29, 1.82) is 0 Å². The van der Waals surface area contributed by atoms with Crippen molar-refractivity contribution in [3.63, 3.8) is 0 Å². The Hall–Kier alpha value is -1.68. The summed E-state index contributed by atoms with van der Waals surface area (Å²) < 4.78 is 1.80. The molecule has 0 aliphatic carbocycles. The zero-order valence-electron chi connectivity index (χ0n) is 8.88. The van der Waals surface area contributed by atoms with E-state index in [2.05, 4.69) is 10.1 Å². The van der Waals surface area contributed by atoms with Crippen LogP contribution >= 0.6 is 0 Å². The molecule has 0 bridgehead atoms. The molecule has 0 saturated heterocycles. The highest BCUT2D eigenvalue weighted by atomic mass is 15.4. The molecule has 0 saturated carbocycles. The number of aromatic nitrogens is 3. The second-order valence-electron chi connectivity index (χ2n) is 3.55. The number of hydrogen-bond donors (Lipinski definition) is 1. The molecule has 0 radical (unpaired) electrons. The lowest BCUT2D eigenvalue weighted by Gasteiger charge is -2.01. The maximum Gasteiger partial charge on any atom is 0.167 e. The van der Waals surface area contributed by atoms with Crippen molar-refractivity contribution < 1.29 is 0 Å². The summed E-state index contributed by atoms with van der Waals surface area (Å²) in [6.45, 7) is 3.80. The van der Waals surface area contributed by atoms with Crippen molar-refractivity contribution in [1.82, 2.24) is 14.8 Å². The first-order valence-electron chi connectivity index (χ1n) is 4.93. The van der Waals surface area contributed by atoms with Crippen LogP contribution < -0.4 is 5.73 Å². The molecule has 0 spiro atoms. The van der Waals surface area contributed by atoms with Crippen molar-refractivity contribution in [2.24, 2.45) is 5.73 Å². The van der Waals surface area contributed by atoms with Gasteiger partial charge in [-0.1, -0.05) is 18.2 Å². The molecule has 15 heavy (non-hydrogen) atoms. The van der Waals surface area contributed by atoms with Crippen LogP contribution in [0.5, 0.6) is 0 Å². The fraction of sp³-hybridized carbons (Fsp3) is 0.273. The number of benzene rings is 1. The molecule has 1 unspecified atom stereocenters. The predicted molar refractivity (Wildman–Crippen MR) is 58.7 cm³/mol. The fourth-order valence-corrected chi connectivity index (χ4v) is 1.42. The number of rotatable bonds is 2. The standard InChI is InChI=1S/C11H14N4/c1-8(12)11-13-9(2)15(14-11)10-6-4-3-5-7-10/h3-8H,12H2,1-2H3. The van der Waals surface area contributed by atoms with Gasteiger partial charge in [0.25, 0.3) is 0 Å². The summed E-state index contributed by atoms with van der Waals surface area (Å²) in [6, 6.07) is 9.78. The minimum Gasteiger partial charge on any atom is -0.321 e. The van der Waals surface area contributed by atoms with Gasteiger partial charge in [-0.2, -0.15) is 0 Å². The Labute approximate surface area is 88.8 Å². The molecule has 0 aliphatic rings.